The fourth-order valence-electron chi connectivity index (χ4n) is 2.27. The third kappa shape index (κ3) is 4.48. The van der Waals surface area contributed by atoms with Crippen LogP contribution in [0.1, 0.15) is 10.4 Å². The van der Waals surface area contributed by atoms with Crippen LogP contribution in [0.5, 0.6) is 0 Å². The van der Waals surface area contributed by atoms with Crippen molar-refractivity contribution in [3.63, 3.8) is 0 Å². The van der Waals surface area contributed by atoms with E-state index in [-0.39, 0.29) is 21.8 Å². The molecule has 0 atom stereocenters. The van der Waals surface area contributed by atoms with Gasteiger partial charge in [-0.1, -0.05) is 12.1 Å². The molecule has 8 heteroatoms. The van der Waals surface area contributed by atoms with Crippen molar-refractivity contribution in [3.8, 4) is 0 Å². The molecule has 0 saturated carbocycles. The maximum Gasteiger partial charge on any atom is 0.261 e. The van der Waals surface area contributed by atoms with Crippen LogP contribution in [0.25, 0.3) is 0 Å². The smallest absolute Gasteiger partial charge is 0.261 e. The van der Waals surface area contributed by atoms with Crippen LogP contribution in [0.3, 0.4) is 0 Å². The summed E-state index contributed by atoms with van der Waals surface area (Å²) in [6, 6.07) is 15.7. The van der Waals surface area contributed by atoms with Gasteiger partial charge in [0.2, 0.25) is 0 Å². The number of halogens is 2. The maximum absolute atomic E-state index is 13.6. The molecule has 0 spiro atoms. The predicted octanol–water partition coefficient (Wildman–Crippen LogP) is 4.02. The molecule has 2 N–H and O–H groups in total. The number of carbonyl (C=O) groups excluding carboxylic acids is 1. The van der Waals surface area contributed by atoms with Gasteiger partial charge in [0.15, 0.2) is 0 Å². The highest BCUT2D eigenvalue weighted by Gasteiger charge is 2.16. The lowest BCUT2D eigenvalue weighted by Crippen LogP contribution is -2.15. The monoisotopic (exact) mass is 388 g/mol. The van der Waals surface area contributed by atoms with Crippen LogP contribution in [0.15, 0.2) is 77.7 Å². The highest BCUT2D eigenvalue weighted by atomic mass is 32.2. The first-order chi connectivity index (χ1) is 12.8. The summed E-state index contributed by atoms with van der Waals surface area (Å²) in [6.45, 7) is 0. The topological polar surface area (TPSA) is 75.3 Å². The molecule has 138 valence electrons. The lowest BCUT2D eigenvalue weighted by Gasteiger charge is -2.09. The van der Waals surface area contributed by atoms with Crippen LogP contribution in [0.4, 0.5) is 20.2 Å². The minimum Gasteiger partial charge on any atom is -0.319 e. The van der Waals surface area contributed by atoms with Gasteiger partial charge >= 0.3 is 0 Å². The number of hydrogen-bond acceptors (Lipinski definition) is 3. The summed E-state index contributed by atoms with van der Waals surface area (Å²) >= 11 is 0. The van der Waals surface area contributed by atoms with Gasteiger partial charge < -0.3 is 5.32 Å². The molecule has 0 aliphatic rings. The molecule has 0 bridgehead atoms. The molecular formula is C19H14F2N2O3S. The molecule has 1 amide bonds. The van der Waals surface area contributed by atoms with Crippen molar-refractivity contribution in [2.45, 2.75) is 4.90 Å². The Balaban J connectivity index is 1.75. The Hall–Kier alpha value is -3.26. The second-order valence-electron chi connectivity index (χ2n) is 5.57. The molecule has 0 saturated heterocycles. The van der Waals surface area contributed by atoms with Crippen LogP contribution in [0.2, 0.25) is 0 Å². The van der Waals surface area contributed by atoms with Gasteiger partial charge in [0, 0.05) is 11.3 Å². The van der Waals surface area contributed by atoms with Crippen molar-refractivity contribution in [2.24, 2.45) is 0 Å². The summed E-state index contributed by atoms with van der Waals surface area (Å²) in [4.78, 5) is 12.1. The zero-order valence-electron chi connectivity index (χ0n) is 13.8. The first kappa shape index (κ1) is 18.5. The summed E-state index contributed by atoms with van der Waals surface area (Å²) in [5, 5.41) is 2.42. The summed E-state index contributed by atoms with van der Waals surface area (Å²) in [5.74, 6) is -1.63. The number of amides is 1. The van der Waals surface area contributed by atoms with Crippen LogP contribution in [0, 0.1) is 11.6 Å². The van der Waals surface area contributed by atoms with Crippen molar-refractivity contribution in [3.05, 3.63) is 90.0 Å². The molecular weight excluding hydrogens is 374 g/mol. The van der Waals surface area contributed by atoms with Crippen molar-refractivity contribution in [1.82, 2.24) is 0 Å². The van der Waals surface area contributed by atoms with E-state index in [1.165, 1.54) is 54.6 Å². The number of nitrogens with one attached hydrogen (secondary N) is 2. The fourth-order valence-corrected chi connectivity index (χ4v) is 3.33. The van der Waals surface area contributed by atoms with E-state index in [1.54, 1.807) is 6.07 Å². The van der Waals surface area contributed by atoms with Gasteiger partial charge in [-0.25, -0.2) is 17.2 Å². The lowest BCUT2D eigenvalue weighted by atomic mass is 10.2. The standard InChI is InChI=1S/C19H14F2N2O3S/c20-14-7-9-15(10-8-14)23-27(25,26)16-11-5-13(6-12-16)19(24)22-18-4-2-1-3-17(18)21/h1-12,23H,(H,22,24). The number of sulfonamides is 1. The first-order valence-electron chi connectivity index (χ1n) is 7.79. The van der Waals surface area contributed by atoms with E-state index in [9.17, 15) is 22.0 Å². The average molecular weight is 388 g/mol. The Morgan fingerprint density at radius 3 is 2.07 bits per heavy atom. The van der Waals surface area contributed by atoms with E-state index in [2.05, 4.69) is 10.0 Å². The van der Waals surface area contributed by atoms with Gasteiger partial charge in [0.05, 0.1) is 10.6 Å². The summed E-state index contributed by atoms with van der Waals surface area (Å²) < 4.78 is 53.5. The first-order valence-corrected chi connectivity index (χ1v) is 9.28. The van der Waals surface area contributed by atoms with Crippen molar-refractivity contribution in [1.29, 1.82) is 0 Å². The molecule has 0 aliphatic heterocycles. The number of rotatable bonds is 5. The van der Waals surface area contributed by atoms with Crippen molar-refractivity contribution in [2.75, 3.05) is 10.0 Å². The second-order valence-corrected chi connectivity index (χ2v) is 7.25. The van der Waals surface area contributed by atoms with E-state index in [0.29, 0.717) is 0 Å². The minimum atomic E-state index is -3.90. The van der Waals surface area contributed by atoms with Gasteiger partial charge in [-0.15, -0.1) is 0 Å². The number of hydrogen-bond donors (Lipinski definition) is 2. The van der Waals surface area contributed by atoms with Crippen molar-refractivity contribution >= 4 is 27.3 Å². The summed E-state index contributed by atoms with van der Waals surface area (Å²) in [7, 11) is -3.90. The fraction of sp³-hybridized carbons (Fsp3) is 0. The van der Waals surface area contributed by atoms with E-state index < -0.39 is 27.6 Å². The molecule has 5 nitrogen and oxygen atoms in total. The normalized spacial score (nSPS) is 11.0. The molecule has 0 unspecified atom stereocenters. The largest absolute Gasteiger partial charge is 0.319 e. The lowest BCUT2D eigenvalue weighted by molar-refractivity contribution is 0.102. The number of para-hydroxylation sites is 1. The molecule has 0 aliphatic carbocycles. The molecule has 3 aromatic rings. The Labute approximate surface area is 154 Å². The zero-order chi connectivity index (χ0) is 19.4. The van der Waals surface area contributed by atoms with E-state index in [4.69, 9.17) is 0 Å². The van der Waals surface area contributed by atoms with Crippen LogP contribution in [-0.2, 0) is 10.0 Å². The molecule has 3 rings (SSSR count). The van der Waals surface area contributed by atoms with Gasteiger partial charge in [-0.3, -0.25) is 9.52 Å². The van der Waals surface area contributed by atoms with Crippen LogP contribution < -0.4 is 10.0 Å². The Morgan fingerprint density at radius 1 is 0.815 bits per heavy atom. The maximum atomic E-state index is 13.6. The second kappa shape index (κ2) is 7.55. The van der Waals surface area contributed by atoms with E-state index >= 15 is 0 Å². The molecule has 0 aromatic heterocycles. The third-order valence-corrected chi connectivity index (χ3v) is 5.04. The van der Waals surface area contributed by atoms with E-state index in [0.717, 1.165) is 12.1 Å². The van der Waals surface area contributed by atoms with Crippen LogP contribution in [-0.4, -0.2) is 14.3 Å². The Morgan fingerprint density at radius 2 is 1.44 bits per heavy atom. The zero-order valence-corrected chi connectivity index (χ0v) is 14.6. The van der Waals surface area contributed by atoms with Gasteiger partial charge in [0.25, 0.3) is 15.9 Å². The summed E-state index contributed by atoms with van der Waals surface area (Å²) in [6.07, 6.45) is 0. The molecule has 27 heavy (non-hydrogen) atoms. The predicted molar refractivity (Wildman–Crippen MR) is 98.0 cm³/mol. The van der Waals surface area contributed by atoms with Crippen LogP contribution >= 0.6 is 0 Å². The molecule has 0 fully saturated rings. The van der Waals surface area contributed by atoms with Crippen molar-refractivity contribution < 1.29 is 22.0 Å². The number of benzene rings is 3. The highest BCUT2D eigenvalue weighted by Crippen LogP contribution is 2.18. The molecule has 3 aromatic carbocycles. The Bertz CT molecular complexity index is 1070. The number of anilines is 2. The van der Waals surface area contributed by atoms with Gasteiger partial charge in [-0.2, -0.15) is 0 Å². The van der Waals surface area contributed by atoms with Gasteiger partial charge in [0.1, 0.15) is 11.6 Å². The average Bonchev–Trinajstić information content (AvgIpc) is 2.65. The quantitative estimate of drug-likeness (QED) is 0.693. The Kier molecular flexibility index (Phi) is 5.18. The summed E-state index contributed by atoms with van der Waals surface area (Å²) in [5.41, 5.74) is 0.397. The highest BCUT2D eigenvalue weighted by molar-refractivity contribution is 7.92. The SMILES string of the molecule is O=C(Nc1ccccc1F)c1ccc(S(=O)(=O)Nc2ccc(F)cc2)cc1. The molecule has 0 heterocycles. The van der Waals surface area contributed by atoms with E-state index in [1.807, 2.05) is 0 Å². The number of carbonyl (C=O) groups is 1. The minimum absolute atomic E-state index is 0.0252. The van der Waals surface area contributed by atoms with Gasteiger partial charge in [-0.05, 0) is 60.7 Å². The third-order valence-electron chi connectivity index (χ3n) is 3.65. The molecule has 0 radical (unpaired) electrons.